The van der Waals surface area contributed by atoms with E-state index >= 15 is 0 Å². The smallest absolute Gasteiger partial charge is 0.263 e. The Morgan fingerprint density at radius 2 is 2.11 bits per heavy atom. The number of sulfonamides is 1. The summed E-state index contributed by atoms with van der Waals surface area (Å²) < 4.78 is 25.9. The van der Waals surface area contributed by atoms with Gasteiger partial charge in [0.25, 0.3) is 10.0 Å². The first-order valence-corrected chi connectivity index (χ1v) is 6.90. The van der Waals surface area contributed by atoms with Crippen molar-refractivity contribution in [1.82, 2.24) is 10.0 Å². The van der Waals surface area contributed by atoms with Gasteiger partial charge in [0.05, 0.1) is 11.4 Å². The van der Waals surface area contributed by atoms with E-state index in [2.05, 4.69) is 15.0 Å². The molecule has 0 saturated heterocycles. The summed E-state index contributed by atoms with van der Waals surface area (Å²) >= 11 is 0. The van der Waals surface area contributed by atoms with Gasteiger partial charge in [-0.05, 0) is 12.1 Å². The van der Waals surface area contributed by atoms with Crippen molar-refractivity contribution in [3.05, 3.63) is 29.8 Å². The Bertz CT molecular complexity index is 608. The van der Waals surface area contributed by atoms with Crippen molar-refractivity contribution < 1.29 is 13.2 Å². The molecule has 0 spiro atoms. The molecule has 1 heterocycles. The summed E-state index contributed by atoms with van der Waals surface area (Å²) in [5.74, 6) is 0.193. The molecule has 2 rings (SSSR count). The maximum absolute atomic E-state index is 11.7. The number of aliphatic imine (C=N–C) groups is 1. The number of hydrogen-bond acceptors (Lipinski definition) is 4. The molecule has 0 fully saturated rings. The van der Waals surface area contributed by atoms with Gasteiger partial charge in [-0.2, -0.15) is 0 Å². The van der Waals surface area contributed by atoms with E-state index in [1.807, 2.05) is 0 Å². The number of amides is 1. The van der Waals surface area contributed by atoms with Crippen LogP contribution in [0.4, 0.5) is 0 Å². The lowest BCUT2D eigenvalue weighted by molar-refractivity contribution is -0.118. The average molecular weight is 267 g/mol. The molecule has 1 aromatic rings. The number of nitrogens with one attached hydrogen (secondary N) is 2. The molecule has 1 aliphatic heterocycles. The van der Waals surface area contributed by atoms with Gasteiger partial charge in [0.2, 0.25) is 5.91 Å². The molecule has 0 aliphatic carbocycles. The Morgan fingerprint density at radius 3 is 2.83 bits per heavy atom. The van der Waals surface area contributed by atoms with Crippen molar-refractivity contribution in [1.29, 1.82) is 0 Å². The Morgan fingerprint density at radius 1 is 1.39 bits per heavy atom. The van der Waals surface area contributed by atoms with Crippen LogP contribution >= 0.6 is 0 Å². The first-order chi connectivity index (χ1) is 8.50. The van der Waals surface area contributed by atoms with Crippen LogP contribution in [0.5, 0.6) is 0 Å². The van der Waals surface area contributed by atoms with Crippen molar-refractivity contribution in [2.24, 2.45) is 4.99 Å². The third-order valence-corrected chi connectivity index (χ3v) is 3.82. The molecule has 0 unspecified atom stereocenters. The lowest BCUT2D eigenvalue weighted by Crippen LogP contribution is -2.26. The predicted octanol–water partition coefficient (Wildman–Crippen LogP) is -0.139. The molecule has 1 amide bonds. The van der Waals surface area contributed by atoms with Crippen molar-refractivity contribution in [2.45, 2.75) is 11.8 Å². The van der Waals surface area contributed by atoms with E-state index in [1.165, 1.54) is 13.0 Å². The predicted molar refractivity (Wildman–Crippen MR) is 66.9 cm³/mol. The van der Waals surface area contributed by atoms with Gasteiger partial charge in [-0.25, -0.2) is 8.42 Å². The van der Waals surface area contributed by atoms with Gasteiger partial charge in [-0.3, -0.25) is 14.5 Å². The zero-order valence-corrected chi connectivity index (χ0v) is 10.6. The van der Waals surface area contributed by atoms with E-state index in [-0.39, 0.29) is 10.8 Å². The second-order valence-corrected chi connectivity index (χ2v) is 5.47. The Kier molecular flexibility index (Phi) is 3.33. The van der Waals surface area contributed by atoms with Crippen molar-refractivity contribution in [3.8, 4) is 0 Å². The molecular weight excluding hydrogens is 254 g/mol. The van der Waals surface area contributed by atoms with E-state index in [9.17, 15) is 13.2 Å². The molecule has 0 radical (unpaired) electrons. The maximum atomic E-state index is 11.7. The number of rotatable bonds is 3. The SMILES string of the molecule is CC(=O)NCCN=C1NS(=O)(=O)c2ccccc21. The number of amidine groups is 1. The molecule has 1 aliphatic rings. The zero-order chi connectivity index (χ0) is 13.2. The minimum Gasteiger partial charge on any atom is -0.354 e. The summed E-state index contributed by atoms with van der Waals surface area (Å²) in [7, 11) is -3.48. The molecule has 6 nitrogen and oxygen atoms in total. The fourth-order valence-electron chi connectivity index (χ4n) is 1.65. The van der Waals surface area contributed by atoms with Crippen molar-refractivity contribution >= 4 is 21.8 Å². The van der Waals surface area contributed by atoms with Gasteiger partial charge in [0.15, 0.2) is 0 Å². The highest BCUT2D eigenvalue weighted by Gasteiger charge is 2.29. The molecule has 18 heavy (non-hydrogen) atoms. The molecule has 0 bridgehead atoms. The molecule has 96 valence electrons. The van der Waals surface area contributed by atoms with Gasteiger partial charge >= 0.3 is 0 Å². The van der Waals surface area contributed by atoms with Gasteiger partial charge in [-0.15, -0.1) is 0 Å². The van der Waals surface area contributed by atoms with Crippen LogP contribution in [-0.2, 0) is 14.8 Å². The van der Waals surface area contributed by atoms with E-state index in [4.69, 9.17) is 0 Å². The third kappa shape index (κ3) is 2.51. The Balaban J connectivity index is 2.18. The van der Waals surface area contributed by atoms with E-state index in [1.54, 1.807) is 18.2 Å². The Hall–Kier alpha value is -1.89. The zero-order valence-electron chi connectivity index (χ0n) is 9.80. The lowest BCUT2D eigenvalue weighted by Gasteiger charge is -2.00. The number of benzene rings is 1. The summed E-state index contributed by atoms with van der Waals surface area (Å²) in [4.78, 5) is 15.1. The summed E-state index contributed by atoms with van der Waals surface area (Å²) in [6, 6.07) is 6.65. The maximum Gasteiger partial charge on any atom is 0.263 e. The van der Waals surface area contributed by atoms with Gasteiger partial charge < -0.3 is 5.32 Å². The summed E-state index contributed by atoms with van der Waals surface area (Å²) in [6.07, 6.45) is 0. The van der Waals surface area contributed by atoms with Crippen LogP contribution in [-0.4, -0.2) is 33.3 Å². The molecule has 7 heteroatoms. The van der Waals surface area contributed by atoms with Crippen LogP contribution in [0.25, 0.3) is 0 Å². The number of nitrogens with zero attached hydrogens (tertiary/aromatic N) is 1. The average Bonchev–Trinajstić information content (AvgIpc) is 2.57. The van der Waals surface area contributed by atoms with E-state index < -0.39 is 10.0 Å². The summed E-state index contributed by atoms with van der Waals surface area (Å²) in [5.41, 5.74) is 0.570. The van der Waals surface area contributed by atoms with Crippen LogP contribution in [0.2, 0.25) is 0 Å². The quantitative estimate of drug-likeness (QED) is 0.747. The normalized spacial score (nSPS) is 18.2. The van der Waals surface area contributed by atoms with Crippen LogP contribution in [0.3, 0.4) is 0 Å². The first-order valence-electron chi connectivity index (χ1n) is 5.42. The van der Waals surface area contributed by atoms with Gasteiger partial charge in [-0.1, -0.05) is 12.1 Å². The molecular formula is C11H13N3O3S. The fourth-order valence-corrected chi connectivity index (χ4v) is 2.90. The van der Waals surface area contributed by atoms with Crippen LogP contribution in [0, 0.1) is 0 Å². The summed E-state index contributed by atoms with van der Waals surface area (Å²) in [5, 5.41) is 2.59. The highest BCUT2D eigenvalue weighted by atomic mass is 32.2. The van der Waals surface area contributed by atoms with Crippen molar-refractivity contribution in [2.75, 3.05) is 13.1 Å². The number of carbonyl (C=O) groups excluding carboxylic acids is 1. The highest BCUT2D eigenvalue weighted by Crippen LogP contribution is 2.21. The number of carbonyl (C=O) groups is 1. The number of fused-ring (bicyclic) bond motifs is 1. The van der Waals surface area contributed by atoms with Crippen LogP contribution in [0.1, 0.15) is 12.5 Å². The van der Waals surface area contributed by atoms with Gasteiger partial charge in [0.1, 0.15) is 5.84 Å². The van der Waals surface area contributed by atoms with E-state index in [0.717, 1.165) is 0 Å². The lowest BCUT2D eigenvalue weighted by atomic mass is 10.2. The minimum atomic E-state index is -3.48. The fraction of sp³-hybridized carbons (Fsp3) is 0.273. The van der Waals surface area contributed by atoms with Crippen LogP contribution in [0.15, 0.2) is 34.2 Å². The summed E-state index contributed by atoms with van der Waals surface area (Å²) in [6.45, 7) is 2.12. The topological polar surface area (TPSA) is 87.6 Å². The molecule has 2 N–H and O–H groups in total. The van der Waals surface area contributed by atoms with Gasteiger partial charge in [0, 0.05) is 19.0 Å². The first kappa shape index (κ1) is 12.6. The Labute approximate surface area is 105 Å². The molecule has 1 aromatic carbocycles. The third-order valence-electron chi connectivity index (χ3n) is 2.42. The molecule has 0 atom stereocenters. The molecule has 0 saturated carbocycles. The van der Waals surface area contributed by atoms with E-state index in [0.29, 0.717) is 24.5 Å². The van der Waals surface area contributed by atoms with Crippen LogP contribution < -0.4 is 10.0 Å². The monoisotopic (exact) mass is 267 g/mol. The largest absolute Gasteiger partial charge is 0.354 e. The molecule has 0 aromatic heterocycles. The standard InChI is InChI=1S/C11H13N3O3S/c1-8(15)12-6-7-13-11-9-4-2-3-5-10(9)18(16,17)14-11/h2-5H,6-7H2,1H3,(H,12,15)(H,13,14). The second-order valence-electron chi connectivity index (χ2n) is 3.81. The second kappa shape index (κ2) is 4.77. The van der Waals surface area contributed by atoms with Crippen molar-refractivity contribution in [3.63, 3.8) is 0 Å². The highest BCUT2D eigenvalue weighted by molar-refractivity contribution is 7.90. The minimum absolute atomic E-state index is 0.136. The number of hydrogen-bond donors (Lipinski definition) is 2.